The molecule has 1 rings (SSSR count). The number of carbonyl (C=O) groups is 2. The minimum Gasteiger partial charge on any atom is -0.340 e. The molecule has 1 unspecified atom stereocenters. The molecule has 2 amide bonds. The SMILES string of the molecule is CCC1(C)NC(=O)CN(CCCC(C)C)C1=O. The summed E-state index contributed by atoms with van der Waals surface area (Å²) in [6.45, 7) is 8.98. The van der Waals surface area contributed by atoms with Gasteiger partial charge >= 0.3 is 0 Å². The van der Waals surface area contributed by atoms with E-state index in [1.54, 1.807) is 4.90 Å². The van der Waals surface area contributed by atoms with Gasteiger partial charge in [-0.15, -0.1) is 0 Å². The number of carbonyl (C=O) groups excluding carboxylic acids is 2. The zero-order valence-corrected chi connectivity index (χ0v) is 11.4. The lowest BCUT2D eigenvalue weighted by Gasteiger charge is -2.39. The Hall–Kier alpha value is -1.06. The van der Waals surface area contributed by atoms with Crippen LogP contribution in [0.5, 0.6) is 0 Å². The third kappa shape index (κ3) is 3.45. The number of nitrogens with zero attached hydrogens (tertiary/aromatic N) is 1. The fraction of sp³-hybridized carbons (Fsp3) is 0.846. The predicted octanol–water partition coefficient (Wildman–Crippen LogP) is 1.55. The van der Waals surface area contributed by atoms with E-state index < -0.39 is 5.54 Å². The van der Waals surface area contributed by atoms with Crippen molar-refractivity contribution in [2.45, 2.75) is 52.5 Å². The second-order valence-corrected chi connectivity index (χ2v) is 5.50. The van der Waals surface area contributed by atoms with E-state index in [0.717, 1.165) is 12.8 Å². The molecule has 1 aliphatic rings. The Bertz CT molecular complexity index is 302. The molecular formula is C13H24N2O2. The molecule has 98 valence electrons. The zero-order valence-electron chi connectivity index (χ0n) is 11.4. The fourth-order valence-electron chi connectivity index (χ4n) is 2.11. The van der Waals surface area contributed by atoms with Crippen molar-refractivity contribution in [2.24, 2.45) is 5.92 Å². The Morgan fingerprint density at radius 1 is 1.41 bits per heavy atom. The van der Waals surface area contributed by atoms with Gasteiger partial charge < -0.3 is 10.2 Å². The average molecular weight is 240 g/mol. The summed E-state index contributed by atoms with van der Waals surface area (Å²) in [5.74, 6) is 0.656. The third-order valence-corrected chi connectivity index (χ3v) is 3.43. The van der Waals surface area contributed by atoms with Gasteiger partial charge in [0.2, 0.25) is 11.8 Å². The molecule has 0 spiro atoms. The Kier molecular flexibility index (Phi) is 4.54. The van der Waals surface area contributed by atoms with Gasteiger partial charge in [0, 0.05) is 6.54 Å². The van der Waals surface area contributed by atoms with Crippen LogP contribution in [0.2, 0.25) is 0 Å². The molecule has 0 saturated carbocycles. The van der Waals surface area contributed by atoms with Crippen molar-refractivity contribution in [3.05, 3.63) is 0 Å². The summed E-state index contributed by atoms with van der Waals surface area (Å²) >= 11 is 0. The highest BCUT2D eigenvalue weighted by Crippen LogP contribution is 2.18. The van der Waals surface area contributed by atoms with Crippen LogP contribution >= 0.6 is 0 Å². The van der Waals surface area contributed by atoms with Crippen molar-refractivity contribution in [3.8, 4) is 0 Å². The first-order valence-corrected chi connectivity index (χ1v) is 6.49. The molecule has 4 nitrogen and oxygen atoms in total. The van der Waals surface area contributed by atoms with Crippen LogP contribution in [0.15, 0.2) is 0 Å². The third-order valence-electron chi connectivity index (χ3n) is 3.43. The highest BCUT2D eigenvalue weighted by atomic mass is 16.2. The van der Waals surface area contributed by atoms with Crippen LogP contribution in [0, 0.1) is 5.92 Å². The summed E-state index contributed by atoms with van der Waals surface area (Å²) in [5.41, 5.74) is -0.701. The molecule has 1 saturated heterocycles. The van der Waals surface area contributed by atoms with Gasteiger partial charge in [-0.2, -0.15) is 0 Å². The molecule has 0 aromatic heterocycles. The second-order valence-electron chi connectivity index (χ2n) is 5.50. The minimum absolute atomic E-state index is 0.0431. The molecule has 1 fully saturated rings. The van der Waals surface area contributed by atoms with Gasteiger partial charge in [-0.3, -0.25) is 9.59 Å². The normalized spacial score (nSPS) is 25.4. The zero-order chi connectivity index (χ0) is 13.1. The monoisotopic (exact) mass is 240 g/mol. The smallest absolute Gasteiger partial charge is 0.248 e. The lowest BCUT2D eigenvalue weighted by Crippen LogP contribution is -2.65. The number of piperazine rings is 1. The van der Waals surface area contributed by atoms with Crippen LogP contribution in [-0.2, 0) is 9.59 Å². The second kappa shape index (κ2) is 5.52. The number of amides is 2. The Morgan fingerprint density at radius 3 is 2.59 bits per heavy atom. The van der Waals surface area contributed by atoms with Crippen LogP contribution in [0.3, 0.4) is 0 Å². The van der Waals surface area contributed by atoms with Crippen molar-refractivity contribution >= 4 is 11.8 Å². The highest BCUT2D eigenvalue weighted by molar-refractivity contribution is 5.97. The van der Waals surface area contributed by atoms with Gasteiger partial charge in [-0.1, -0.05) is 20.8 Å². The molecule has 0 radical (unpaired) electrons. The first-order valence-electron chi connectivity index (χ1n) is 6.49. The molecule has 4 heteroatoms. The molecule has 0 bridgehead atoms. The fourth-order valence-corrected chi connectivity index (χ4v) is 2.11. The molecule has 1 heterocycles. The summed E-state index contributed by atoms with van der Waals surface area (Å²) in [4.78, 5) is 25.5. The quantitative estimate of drug-likeness (QED) is 0.792. The molecule has 1 N–H and O–H groups in total. The Morgan fingerprint density at radius 2 is 2.06 bits per heavy atom. The summed E-state index contributed by atoms with van der Waals surface area (Å²) in [6, 6.07) is 0. The van der Waals surface area contributed by atoms with Gasteiger partial charge in [0.25, 0.3) is 0 Å². The molecule has 0 aromatic carbocycles. The van der Waals surface area contributed by atoms with E-state index in [4.69, 9.17) is 0 Å². The van der Waals surface area contributed by atoms with E-state index >= 15 is 0 Å². The van der Waals surface area contributed by atoms with Crippen LogP contribution in [0.25, 0.3) is 0 Å². The van der Waals surface area contributed by atoms with Crippen molar-refractivity contribution in [2.75, 3.05) is 13.1 Å². The average Bonchev–Trinajstić information content (AvgIpc) is 2.24. The van der Waals surface area contributed by atoms with E-state index in [9.17, 15) is 9.59 Å². The van der Waals surface area contributed by atoms with Gasteiger partial charge in [-0.25, -0.2) is 0 Å². The molecule has 0 aromatic rings. The van der Waals surface area contributed by atoms with Gasteiger partial charge in [0.1, 0.15) is 5.54 Å². The maximum Gasteiger partial charge on any atom is 0.248 e. The Balaban J connectivity index is 2.59. The molecule has 0 aliphatic carbocycles. The summed E-state index contributed by atoms with van der Waals surface area (Å²) in [5, 5.41) is 2.79. The van der Waals surface area contributed by atoms with Crippen molar-refractivity contribution in [1.82, 2.24) is 10.2 Å². The van der Waals surface area contributed by atoms with Crippen molar-refractivity contribution in [1.29, 1.82) is 0 Å². The van der Waals surface area contributed by atoms with Crippen LogP contribution in [0.4, 0.5) is 0 Å². The topological polar surface area (TPSA) is 49.4 Å². The van der Waals surface area contributed by atoms with Crippen molar-refractivity contribution in [3.63, 3.8) is 0 Å². The van der Waals surface area contributed by atoms with Gasteiger partial charge in [0.15, 0.2) is 0 Å². The maximum absolute atomic E-state index is 12.2. The summed E-state index contributed by atoms with van der Waals surface area (Å²) in [7, 11) is 0. The highest BCUT2D eigenvalue weighted by Gasteiger charge is 2.41. The number of hydrogen-bond donors (Lipinski definition) is 1. The summed E-state index contributed by atoms with van der Waals surface area (Å²) in [6.07, 6.45) is 2.70. The minimum atomic E-state index is -0.701. The largest absolute Gasteiger partial charge is 0.340 e. The molecule has 17 heavy (non-hydrogen) atoms. The van der Waals surface area contributed by atoms with Gasteiger partial charge in [-0.05, 0) is 32.1 Å². The summed E-state index contributed by atoms with van der Waals surface area (Å²) < 4.78 is 0. The van der Waals surface area contributed by atoms with Crippen LogP contribution in [0.1, 0.15) is 47.0 Å². The predicted molar refractivity (Wildman–Crippen MR) is 67.5 cm³/mol. The molecule has 1 aliphatic heterocycles. The molecule has 1 atom stereocenters. The number of nitrogens with one attached hydrogen (secondary N) is 1. The lowest BCUT2D eigenvalue weighted by molar-refractivity contribution is -0.149. The van der Waals surface area contributed by atoms with E-state index in [2.05, 4.69) is 19.2 Å². The van der Waals surface area contributed by atoms with E-state index in [-0.39, 0.29) is 18.4 Å². The number of hydrogen-bond acceptors (Lipinski definition) is 2. The first-order chi connectivity index (χ1) is 7.89. The molecular weight excluding hydrogens is 216 g/mol. The maximum atomic E-state index is 12.2. The standard InChI is InChI=1S/C13H24N2O2/c1-5-13(4)12(17)15(9-11(16)14-13)8-6-7-10(2)3/h10H,5-9H2,1-4H3,(H,14,16). The Labute approximate surface area is 104 Å². The van der Waals surface area contributed by atoms with E-state index in [0.29, 0.717) is 18.9 Å². The first kappa shape index (κ1) is 14.0. The van der Waals surface area contributed by atoms with Crippen LogP contribution < -0.4 is 5.32 Å². The van der Waals surface area contributed by atoms with E-state index in [1.165, 1.54) is 0 Å². The van der Waals surface area contributed by atoms with Gasteiger partial charge in [0.05, 0.1) is 6.54 Å². The van der Waals surface area contributed by atoms with E-state index in [1.807, 2.05) is 13.8 Å². The van der Waals surface area contributed by atoms with Crippen molar-refractivity contribution < 1.29 is 9.59 Å². The lowest BCUT2D eigenvalue weighted by atomic mass is 9.94. The van der Waals surface area contributed by atoms with Crippen LogP contribution in [-0.4, -0.2) is 35.3 Å². The number of rotatable bonds is 5.